The van der Waals surface area contributed by atoms with E-state index in [1.807, 2.05) is 41.8 Å². The standard InChI is InChI=1S/C16H21N5O2/c1-3-21-11-18-20-15(21)10-17-16(23)9-14(19-12(2)22)13-7-5-4-6-8-13/h4-8,11,14H,3,9-10H2,1-2H3,(H,17,23)(H,19,22)/t14-/m0/s1. The minimum absolute atomic E-state index is 0.154. The average Bonchev–Trinajstić information content (AvgIpc) is 3.00. The van der Waals surface area contributed by atoms with Crippen molar-refractivity contribution in [3.8, 4) is 0 Å². The van der Waals surface area contributed by atoms with Gasteiger partial charge in [-0.1, -0.05) is 30.3 Å². The van der Waals surface area contributed by atoms with E-state index in [9.17, 15) is 9.59 Å². The summed E-state index contributed by atoms with van der Waals surface area (Å²) in [5.41, 5.74) is 0.898. The Morgan fingerprint density at radius 2 is 2.00 bits per heavy atom. The lowest BCUT2D eigenvalue weighted by Gasteiger charge is -2.18. The Hall–Kier alpha value is -2.70. The van der Waals surface area contributed by atoms with Crippen LogP contribution in [-0.2, 0) is 22.7 Å². The van der Waals surface area contributed by atoms with Gasteiger partial charge in [0.2, 0.25) is 11.8 Å². The molecule has 0 radical (unpaired) electrons. The van der Waals surface area contributed by atoms with E-state index in [0.717, 1.165) is 12.1 Å². The van der Waals surface area contributed by atoms with Crippen molar-refractivity contribution in [3.05, 3.63) is 48.0 Å². The molecule has 2 aromatic rings. The molecule has 0 spiro atoms. The quantitative estimate of drug-likeness (QED) is 0.803. The second-order valence-electron chi connectivity index (χ2n) is 5.18. The molecule has 0 saturated carbocycles. The number of hydrogen-bond acceptors (Lipinski definition) is 4. The molecule has 2 amide bonds. The molecular weight excluding hydrogens is 294 g/mol. The number of hydrogen-bond donors (Lipinski definition) is 2. The van der Waals surface area contributed by atoms with Crippen molar-refractivity contribution in [1.29, 1.82) is 0 Å². The third-order valence-corrected chi connectivity index (χ3v) is 3.45. The number of nitrogens with zero attached hydrogens (tertiary/aromatic N) is 3. The second kappa shape index (κ2) is 8.07. The molecule has 2 N–H and O–H groups in total. The van der Waals surface area contributed by atoms with Gasteiger partial charge in [-0.15, -0.1) is 10.2 Å². The van der Waals surface area contributed by atoms with Crippen LogP contribution in [0.15, 0.2) is 36.7 Å². The number of rotatable bonds is 7. The zero-order valence-corrected chi connectivity index (χ0v) is 13.3. The van der Waals surface area contributed by atoms with Crippen molar-refractivity contribution in [1.82, 2.24) is 25.4 Å². The Kier molecular flexibility index (Phi) is 5.85. The van der Waals surface area contributed by atoms with E-state index in [1.54, 1.807) is 6.33 Å². The third kappa shape index (κ3) is 4.91. The zero-order valence-electron chi connectivity index (χ0n) is 13.3. The van der Waals surface area contributed by atoms with E-state index >= 15 is 0 Å². The van der Waals surface area contributed by atoms with Gasteiger partial charge in [-0.05, 0) is 12.5 Å². The molecule has 1 atom stereocenters. The first-order valence-electron chi connectivity index (χ1n) is 7.55. The number of aromatic nitrogens is 3. The maximum absolute atomic E-state index is 12.2. The molecule has 23 heavy (non-hydrogen) atoms. The maximum Gasteiger partial charge on any atom is 0.222 e. The molecule has 0 aliphatic carbocycles. The van der Waals surface area contributed by atoms with Gasteiger partial charge in [-0.2, -0.15) is 0 Å². The number of amides is 2. The van der Waals surface area contributed by atoms with Crippen molar-refractivity contribution < 1.29 is 9.59 Å². The molecule has 0 bridgehead atoms. The molecule has 0 unspecified atom stereocenters. The van der Waals surface area contributed by atoms with Crippen molar-refractivity contribution in [2.45, 2.75) is 39.4 Å². The molecule has 0 aliphatic heterocycles. The molecule has 1 aromatic carbocycles. The first-order valence-corrected chi connectivity index (χ1v) is 7.55. The summed E-state index contributed by atoms with van der Waals surface area (Å²) in [6.45, 7) is 4.49. The van der Waals surface area contributed by atoms with Crippen molar-refractivity contribution in [3.63, 3.8) is 0 Å². The average molecular weight is 315 g/mol. The molecule has 2 rings (SSSR count). The van der Waals surface area contributed by atoms with E-state index in [0.29, 0.717) is 12.4 Å². The topological polar surface area (TPSA) is 88.9 Å². The van der Waals surface area contributed by atoms with Crippen molar-refractivity contribution in [2.24, 2.45) is 0 Å². The number of nitrogens with one attached hydrogen (secondary N) is 2. The fourth-order valence-corrected chi connectivity index (χ4v) is 2.30. The molecule has 0 fully saturated rings. The van der Waals surface area contributed by atoms with Gasteiger partial charge < -0.3 is 15.2 Å². The Balaban J connectivity index is 1.96. The fraction of sp³-hybridized carbons (Fsp3) is 0.375. The van der Waals surface area contributed by atoms with Crippen LogP contribution in [-0.4, -0.2) is 26.6 Å². The Morgan fingerprint density at radius 1 is 1.26 bits per heavy atom. The molecule has 7 nitrogen and oxygen atoms in total. The lowest BCUT2D eigenvalue weighted by molar-refractivity contribution is -0.123. The van der Waals surface area contributed by atoms with Crippen LogP contribution < -0.4 is 10.6 Å². The van der Waals surface area contributed by atoms with Crippen LogP contribution in [0.25, 0.3) is 0 Å². The molecular formula is C16H21N5O2. The van der Waals surface area contributed by atoms with E-state index in [1.165, 1.54) is 6.92 Å². The van der Waals surface area contributed by atoms with Gasteiger partial charge in [-0.25, -0.2) is 0 Å². The summed E-state index contributed by atoms with van der Waals surface area (Å²) >= 11 is 0. The van der Waals surface area contributed by atoms with Crippen LogP contribution in [0.5, 0.6) is 0 Å². The highest BCUT2D eigenvalue weighted by Crippen LogP contribution is 2.16. The Morgan fingerprint density at radius 3 is 2.65 bits per heavy atom. The highest BCUT2D eigenvalue weighted by atomic mass is 16.2. The summed E-state index contributed by atoms with van der Waals surface area (Å²) < 4.78 is 1.86. The molecule has 0 aliphatic rings. The smallest absolute Gasteiger partial charge is 0.222 e. The SMILES string of the molecule is CCn1cnnc1CNC(=O)C[C@H](NC(C)=O)c1ccccc1. The summed E-state index contributed by atoms with van der Waals surface area (Å²) in [5, 5.41) is 13.4. The predicted octanol–water partition coefficient (Wildman–Crippen LogP) is 1.18. The van der Waals surface area contributed by atoms with Gasteiger partial charge >= 0.3 is 0 Å². The van der Waals surface area contributed by atoms with Crippen molar-refractivity contribution in [2.75, 3.05) is 0 Å². The van der Waals surface area contributed by atoms with E-state index < -0.39 is 0 Å². The van der Waals surface area contributed by atoms with Crippen LogP contribution in [0.3, 0.4) is 0 Å². The molecule has 122 valence electrons. The lowest BCUT2D eigenvalue weighted by atomic mass is 10.0. The second-order valence-corrected chi connectivity index (χ2v) is 5.18. The maximum atomic E-state index is 12.2. The van der Waals surface area contributed by atoms with Gasteiger partial charge in [0.15, 0.2) is 5.82 Å². The largest absolute Gasteiger partial charge is 0.349 e. The van der Waals surface area contributed by atoms with E-state index in [-0.39, 0.29) is 24.3 Å². The minimum atomic E-state index is -0.349. The zero-order chi connectivity index (χ0) is 16.7. The number of aryl methyl sites for hydroxylation is 1. The highest BCUT2D eigenvalue weighted by Gasteiger charge is 2.17. The Bertz CT molecular complexity index is 654. The number of carbonyl (C=O) groups is 2. The first kappa shape index (κ1) is 16.7. The molecule has 1 heterocycles. The van der Waals surface area contributed by atoms with Gasteiger partial charge in [-0.3, -0.25) is 9.59 Å². The summed E-state index contributed by atoms with van der Waals surface area (Å²) in [5.74, 6) is 0.382. The highest BCUT2D eigenvalue weighted by molar-refractivity contribution is 5.79. The van der Waals surface area contributed by atoms with Gasteiger partial charge in [0.25, 0.3) is 0 Å². The molecule has 1 aromatic heterocycles. The summed E-state index contributed by atoms with van der Waals surface area (Å²) in [6, 6.07) is 9.09. The van der Waals surface area contributed by atoms with Crippen molar-refractivity contribution >= 4 is 11.8 Å². The van der Waals surface area contributed by atoms with Crippen LogP contribution in [0.4, 0.5) is 0 Å². The summed E-state index contributed by atoms with van der Waals surface area (Å²) in [7, 11) is 0. The normalized spacial score (nSPS) is 11.7. The van der Waals surface area contributed by atoms with Crippen LogP contribution in [0.1, 0.15) is 37.7 Å². The monoisotopic (exact) mass is 315 g/mol. The number of benzene rings is 1. The minimum Gasteiger partial charge on any atom is -0.349 e. The first-order chi connectivity index (χ1) is 11.1. The lowest BCUT2D eigenvalue weighted by Crippen LogP contribution is -2.32. The molecule has 0 saturated heterocycles. The van der Waals surface area contributed by atoms with E-state index in [2.05, 4.69) is 20.8 Å². The molecule has 7 heteroatoms. The van der Waals surface area contributed by atoms with Crippen LogP contribution >= 0.6 is 0 Å². The predicted molar refractivity (Wildman–Crippen MR) is 85.2 cm³/mol. The van der Waals surface area contributed by atoms with Crippen LogP contribution in [0, 0.1) is 0 Å². The van der Waals surface area contributed by atoms with Gasteiger partial charge in [0, 0.05) is 13.5 Å². The van der Waals surface area contributed by atoms with Gasteiger partial charge in [0.05, 0.1) is 19.0 Å². The Labute approximate surface area is 135 Å². The fourth-order valence-electron chi connectivity index (χ4n) is 2.30. The third-order valence-electron chi connectivity index (χ3n) is 3.45. The van der Waals surface area contributed by atoms with Crippen LogP contribution in [0.2, 0.25) is 0 Å². The van der Waals surface area contributed by atoms with Gasteiger partial charge in [0.1, 0.15) is 6.33 Å². The van der Waals surface area contributed by atoms with E-state index in [4.69, 9.17) is 0 Å². The summed E-state index contributed by atoms with van der Waals surface area (Å²) in [6.07, 6.45) is 1.80. The number of carbonyl (C=O) groups excluding carboxylic acids is 2. The summed E-state index contributed by atoms with van der Waals surface area (Å²) in [4.78, 5) is 23.6.